The van der Waals surface area contributed by atoms with Crippen LogP contribution in [-0.4, -0.2) is 49.0 Å². The summed E-state index contributed by atoms with van der Waals surface area (Å²) in [6, 6.07) is 0.465. The first-order chi connectivity index (χ1) is 6.66. The van der Waals surface area contributed by atoms with Crippen LogP contribution < -0.4 is 5.32 Å². The van der Waals surface area contributed by atoms with E-state index in [4.69, 9.17) is 0 Å². The lowest BCUT2D eigenvalue weighted by atomic mass is 10.1. The first kappa shape index (κ1) is 11.9. The van der Waals surface area contributed by atoms with Crippen molar-refractivity contribution < 1.29 is 4.79 Å². The number of nitrogens with zero attached hydrogens (tertiary/aromatic N) is 1. The highest BCUT2D eigenvalue weighted by Gasteiger charge is 2.26. The van der Waals surface area contributed by atoms with E-state index < -0.39 is 0 Å². The average molecular weight is 216 g/mol. The van der Waals surface area contributed by atoms with Crippen LogP contribution in [0.2, 0.25) is 0 Å². The topological polar surface area (TPSA) is 32.3 Å². The largest absolute Gasteiger partial charge is 0.342 e. The number of thioether (sulfide) groups is 1. The SMILES string of the molecule is CNCC(C)C(=O)N(C)C1CCSC1. The molecule has 4 heteroatoms. The molecule has 0 aromatic carbocycles. The van der Waals surface area contributed by atoms with Crippen LogP contribution in [0.25, 0.3) is 0 Å². The fourth-order valence-corrected chi connectivity index (χ4v) is 3.02. The Bertz CT molecular complexity index is 193. The first-order valence-electron chi connectivity index (χ1n) is 5.15. The number of nitrogens with one attached hydrogen (secondary N) is 1. The Morgan fingerprint density at radius 1 is 1.71 bits per heavy atom. The first-order valence-corrected chi connectivity index (χ1v) is 6.31. The van der Waals surface area contributed by atoms with Crippen LogP contribution in [0.1, 0.15) is 13.3 Å². The van der Waals surface area contributed by atoms with E-state index in [9.17, 15) is 4.79 Å². The van der Waals surface area contributed by atoms with E-state index in [1.54, 1.807) is 0 Å². The van der Waals surface area contributed by atoms with Gasteiger partial charge in [0.25, 0.3) is 0 Å². The molecule has 0 bridgehead atoms. The van der Waals surface area contributed by atoms with Crippen LogP contribution in [0.15, 0.2) is 0 Å². The van der Waals surface area contributed by atoms with Crippen molar-refractivity contribution in [2.75, 3.05) is 32.1 Å². The highest BCUT2D eigenvalue weighted by atomic mass is 32.2. The lowest BCUT2D eigenvalue weighted by Gasteiger charge is -2.26. The van der Waals surface area contributed by atoms with Crippen molar-refractivity contribution in [2.45, 2.75) is 19.4 Å². The third kappa shape index (κ3) is 2.89. The molecule has 0 aliphatic carbocycles. The number of amides is 1. The minimum absolute atomic E-state index is 0.0931. The van der Waals surface area contributed by atoms with Crippen LogP contribution in [0, 0.1) is 5.92 Å². The molecule has 0 aromatic rings. The second-order valence-electron chi connectivity index (χ2n) is 3.93. The zero-order valence-corrected chi connectivity index (χ0v) is 10.1. The molecule has 1 saturated heterocycles. The van der Waals surface area contributed by atoms with Gasteiger partial charge in [0.2, 0.25) is 5.91 Å². The lowest BCUT2D eigenvalue weighted by molar-refractivity contribution is -0.135. The van der Waals surface area contributed by atoms with E-state index in [-0.39, 0.29) is 11.8 Å². The van der Waals surface area contributed by atoms with Gasteiger partial charge in [-0.1, -0.05) is 6.92 Å². The van der Waals surface area contributed by atoms with Gasteiger partial charge in [-0.2, -0.15) is 11.8 Å². The van der Waals surface area contributed by atoms with Gasteiger partial charge in [-0.3, -0.25) is 4.79 Å². The molecule has 1 N–H and O–H groups in total. The molecule has 0 spiro atoms. The molecule has 2 unspecified atom stereocenters. The zero-order chi connectivity index (χ0) is 10.6. The summed E-state index contributed by atoms with van der Waals surface area (Å²) in [7, 11) is 3.82. The second kappa shape index (κ2) is 5.61. The highest BCUT2D eigenvalue weighted by Crippen LogP contribution is 2.22. The molecule has 82 valence electrons. The van der Waals surface area contributed by atoms with Gasteiger partial charge in [0.05, 0.1) is 0 Å². The molecule has 1 aliphatic rings. The summed E-state index contributed by atoms with van der Waals surface area (Å²) in [4.78, 5) is 13.8. The molecule has 1 fully saturated rings. The van der Waals surface area contributed by atoms with Crippen molar-refractivity contribution in [3.05, 3.63) is 0 Å². The van der Waals surface area contributed by atoms with E-state index >= 15 is 0 Å². The third-order valence-electron chi connectivity index (χ3n) is 2.73. The van der Waals surface area contributed by atoms with Crippen LogP contribution in [0.4, 0.5) is 0 Å². The van der Waals surface area contributed by atoms with Crippen molar-refractivity contribution in [1.29, 1.82) is 0 Å². The number of carbonyl (C=O) groups excluding carboxylic acids is 1. The fraction of sp³-hybridized carbons (Fsp3) is 0.900. The molecule has 3 nitrogen and oxygen atoms in total. The maximum atomic E-state index is 11.9. The molecular formula is C10H20N2OS. The molecular weight excluding hydrogens is 196 g/mol. The minimum Gasteiger partial charge on any atom is -0.342 e. The Labute approximate surface area is 90.6 Å². The van der Waals surface area contributed by atoms with Crippen LogP contribution >= 0.6 is 11.8 Å². The Hall–Kier alpha value is -0.220. The molecule has 1 amide bonds. The molecule has 1 rings (SSSR count). The summed E-state index contributed by atoms with van der Waals surface area (Å²) in [5, 5.41) is 3.04. The number of carbonyl (C=O) groups is 1. The number of rotatable bonds is 4. The number of hydrogen-bond acceptors (Lipinski definition) is 3. The Morgan fingerprint density at radius 2 is 2.43 bits per heavy atom. The van der Waals surface area contributed by atoms with Crippen molar-refractivity contribution in [2.24, 2.45) is 5.92 Å². The Kier molecular flexibility index (Phi) is 4.75. The summed E-state index contributed by atoms with van der Waals surface area (Å²) in [5.74, 6) is 2.67. The monoisotopic (exact) mass is 216 g/mol. The van der Waals surface area contributed by atoms with Crippen LogP contribution in [0.3, 0.4) is 0 Å². The maximum Gasteiger partial charge on any atom is 0.226 e. The predicted octanol–water partition coefficient (Wildman–Crippen LogP) is 0.806. The third-order valence-corrected chi connectivity index (χ3v) is 3.88. The zero-order valence-electron chi connectivity index (χ0n) is 9.25. The van der Waals surface area contributed by atoms with Crippen LogP contribution in [0.5, 0.6) is 0 Å². The van der Waals surface area contributed by atoms with Crippen LogP contribution in [-0.2, 0) is 4.79 Å². The van der Waals surface area contributed by atoms with E-state index in [0.29, 0.717) is 6.04 Å². The van der Waals surface area contributed by atoms with Gasteiger partial charge in [-0.05, 0) is 19.2 Å². The van der Waals surface area contributed by atoms with Gasteiger partial charge in [0, 0.05) is 31.3 Å². The number of hydrogen-bond donors (Lipinski definition) is 1. The van der Waals surface area contributed by atoms with Crippen molar-refractivity contribution in [3.8, 4) is 0 Å². The molecule has 2 atom stereocenters. The van der Waals surface area contributed by atoms with Gasteiger partial charge >= 0.3 is 0 Å². The molecule has 14 heavy (non-hydrogen) atoms. The van der Waals surface area contributed by atoms with E-state index in [0.717, 1.165) is 18.7 Å². The molecule has 1 heterocycles. The maximum absolute atomic E-state index is 11.9. The summed E-state index contributed by atoms with van der Waals surface area (Å²) in [6.07, 6.45) is 1.15. The predicted molar refractivity (Wildman–Crippen MR) is 61.6 cm³/mol. The van der Waals surface area contributed by atoms with E-state index in [1.165, 1.54) is 5.75 Å². The summed E-state index contributed by atoms with van der Waals surface area (Å²) >= 11 is 1.94. The Balaban J connectivity index is 2.42. The summed E-state index contributed by atoms with van der Waals surface area (Å²) in [6.45, 7) is 2.75. The standard InChI is InChI=1S/C10H20N2OS/c1-8(6-11-2)10(13)12(3)9-4-5-14-7-9/h8-9,11H,4-7H2,1-3H3. The summed E-state index contributed by atoms with van der Waals surface area (Å²) < 4.78 is 0. The molecule has 0 radical (unpaired) electrons. The van der Waals surface area contributed by atoms with Gasteiger partial charge < -0.3 is 10.2 Å². The van der Waals surface area contributed by atoms with Gasteiger partial charge in [0.1, 0.15) is 0 Å². The summed E-state index contributed by atoms with van der Waals surface area (Å²) in [5.41, 5.74) is 0. The Morgan fingerprint density at radius 3 is 2.93 bits per heavy atom. The van der Waals surface area contributed by atoms with Crippen molar-refractivity contribution >= 4 is 17.7 Å². The quantitative estimate of drug-likeness (QED) is 0.754. The van der Waals surface area contributed by atoms with E-state index in [1.807, 2.05) is 37.7 Å². The van der Waals surface area contributed by atoms with Gasteiger partial charge in [0.15, 0.2) is 0 Å². The second-order valence-corrected chi connectivity index (χ2v) is 5.08. The van der Waals surface area contributed by atoms with Gasteiger partial charge in [-0.25, -0.2) is 0 Å². The average Bonchev–Trinajstić information content (AvgIpc) is 2.68. The highest BCUT2D eigenvalue weighted by molar-refractivity contribution is 7.99. The van der Waals surface area contributed by atoms with E-state index in [2.05, 4.69) is 5.32 Å². The fourth-order valence-electron chi connectivity index (χ4n) is 1.75. The lowest BCUT2D eigenvalue weighted by Crippen LogP contribution is -2.42. The van der Waals surface area contributed by atoms with Crippen molar-refractivity contribution in [1.82, 2.24) is 10.2 Å². The molecule has 0 saturated carbocycles. The normalized spacial score (nSPS) is 23.5. The minimum atomic E-state index is 0.0931. The van der Waals surface area contributed by atoms with Crippen molar-refractivity contribution in [3.63, 3.8) is 0 Å². The molecule has 0 aromatic heterocycles. The van der Waals surface area contributed by atoms with Gasteiger partial charge in [-0.15, -0.1) is 0 Å². The molecule has 1 aliphatic heterocycles. The smallest absolute Gasteiger partial charge is 0.226 e.